The van der Waals surface area contributed by atoms with Crippen LogP contribution in [0.3, 0.4) is 0 Å². The topological polar surface area (TPSA) is 58.6 Å². The van der Waals surface area contributed by atoms with E-state index in [4.69, 9.17) is 16.4 Å². The molecule has 1 spiro atoms. The number of hydrogen-bond acceptors (Lipinski definition) is 4. The standard InChI is InChI=1S/C17H20BrClN2O3/c1-10-8-12(18)9-11(2)13(10)17(19)14(22)16(20-15(17)23)4-6-21(24-3)7-5-16/h8-9H,4-7H2,1-3H3,(H,20,23). The molecule has 0 aliphatic carbocycles. The minimum absolute atomic E-state index is 0.244. The highest BCUT2D eigenvalue weighted by Crippen LogP contribution is 2.46. The number of piperidine rings is 1. The first-order valence-corrected chi connectivity index (χ1v) is 9.04. The Morgan fingerprint density at radius 1 is 1.21 bits per heavy atom. The number of ketones is 1. The molecule has 130 valence electrons. The quantitative estimate of drug-likeness (QED) is 0.596. The summed E-state index contributed by atoms with van der Waals surface area (Å²) in [5.41, 5.74) is 1.35. The summed E-state index contributed by atoms with van der Waals surface area (Å²) in [4.78, 5) is 29.7. The lowest BCUT2D eigenvalue weighted by Gasteiger charge is -2.37. The molecule has 5 nitrogen and oxygen atoms in total. The molecule has 2 saturated heterocycles. The number of hydrogen-bond donors (Lipinski definition) is 1. The summed E-state index contributed by atoms with van der Waals surface area (Å²) >= 11 is 10.2. The minimum atomic E-state index is -1.66. The minimum Gasteiger partial charge on any atom is -0.341 e. The first-order valence-electron chi connectivity index (χ1n) is 7.87. The van der Waals surface area contributed by atoms with Gasteiger partial charge in [0.25, 0.3) is 5.91 Å². The number of amides is 1. The summed E-state index contributed by atoms with van der Waals surface area (Å²) < 4.78 is 0.899. The van der Waals surface area contributed by atoms with E-state index in [2.05, 4.69) is 21.2 Å². The number of aryl methyl sites for hydroxylation is 2. The summed E-state index contributed by atoms with van der Waals surface area (Å²) in [6.45, 7) is 4.90. The molecule has 24 heavy (non-hydrogen) atoms. The van der Waals surface area contributed by atoms with Crippen molar-refractivity contribution in [2.45, 2.75) is 37.1 Å². The predicted octanol–water partition coefficient (Wildman–Crippen LogP) is 2.59. The number of hydroxylamine groups is 2. The highest BCUT2D eigenvalue weighted by Gasteiger charge is 2.63. The van der Waals surface area contributed by atoms with Crippen LogP contribution in [-0.2, 0) is 19.3 Å². The van der Waals surface area contributed by atoms with Crippen molar-refractivity contribution >= 4 is 39.2 Å². The Labute approximate surface area is 154 Å². The number of halogens is 2. The molecule has 1 unspecified atom stereocenters. The second kappa shape index (κ2) is 6.09. The van der Waals surface area contributed by atoms with Crippen LogP contribution in [0.1, 0.15) is 29.5 Å². The van der Waals surface area contributed by atoms with Crippen LogP contribution in [0.2, 0.25) is 0 Å². The third kappa shape index (κ3) is 2.51. The van der Waals surface area contributed by atoms with E-state index < -0.39 is 16.3 Å². The van der Waals surface area contributed by atoms with E-state index in [-0.39, 0.29) is 5.78 Å². The van der Waals surface area contributed by atoms with Crippen molar-refractivity contribution in [2.75, 3.05) is 20.2 Å². The molecule has 0 aromatic heterocycles. The van der Waals surface area contributed by atoms with Crippen molar-refractivity contribution in [3.05, 3.63) is 33.3 Å². The van der Waals surface area contributed by atoms with Gasteiger partial charge in [-0.25, -0.2) is 0 Å². The molecule has 3 rings (SSSR count). The predicted molar refractivity (Wildman–Crippen MR) is 94.8 cm³/mol. The normalized spacial score (nSPS) is 26.9. The third-order valence-corrected chi connectivity index (χ3v) is 6.08. The molecule has 1 aromatic rings. The number of nitrogens with one attached hydrogen (secondary N) is 1. The van der Waals surface area contributed by atoms with E-state index in [0.29, 0.717) is 31.5 Å². The lowest BCUT2D eigenvalue weighted by Crippen LogP contribution is -2.54. The molecule has 1 amide bonds. The number of Topliss-reactive ketones (excluding diaryl/α,β-unsaturated/α-hetero) is 1. The summed E-state index contributed by atoms with van der Waals surface area (Å²) in [6.07, 6.45) is 0.989. The van der Waals surface area contributed by atoms with E-state index in [1.54, 1.807) is 12.2 Å². The van der Waals surface area contributed by atoms with Crippen molar-refractivity contribution in [3.8, 4) is 0 Å². The zero-order valence-electron chi connectivity index (χ0n) is 13.9. The second-order valence-corrected chi connectivity index (χ2v) is 8.03. The molecule has 2 aliphatic heterocycles. The first-order chi connectivity index (χ1) is 11.2. The monoisotopic (exact) mass is 414 g/mol. The molecule has 1 aromatic carbocycles. The zero-order valence-corrected chi connectivity index (χ0v) is 16.3. The molecule has 1 atom stereocenters. The summed E-state index contributed by atoms with van der Waals surface area (Å²) in [5.74, 6) is -0.667. The van der Waals surface area contributed by atoms with Crippen molar-refractivity contribution in [1.29, 1.82) is 0 Å². The van der Waals surface area contributed by atoms with Gasteiger partial charge in [-0.15, -0.1) is 0 Å². The average Bonchev–Trinajstić information content (AvgIpc) is 2.69. The maximum absolute atomic E-state index is 13.3. The molecule has 0 radical (unpaired) electrons. The van der Waals surface area contributed by atoms with Crippen molar-refractivity contribution in [1.82, 2.24) is 10.4 Å². The molecular formula is C17H20BrClN2O3. The van der Waals surface area contributed by atoms with E-state index in [9.17, 15) is 9.59 Å². The fraction of sp³-hybridized carbons (Fsp3) is 0.529. The Morgan fingerprint density at radius 3 is 2.25 bits per heavy atom. The van der Waals surface area contributed by atoms with Gasteiger partial charge < -0.3 is 10.2 Å². The molecular weight excluding hydrogens is 396 g/mol. The summed E-state index contributed by atoms with van der Waals surface area (Å²) in [5, 5.41) is 4.69. The molecule has 2 aliphatic rings. The molecule has 0 saturated carbocycles. The van der Waals surface area contributed by atoms with Crippen LogP contribution in [0.15, 0.2) is 16.6 Å². The maximum atomic E-state index is 13.3. The van der Waals surface area contributed by atoms with Gasteiger partial charge in [0.2, 0.25) is 4.87 Å². The zero-order chi connectivity index (χ0) is 17.7. The SMILES string of the molecule is CON1CCC2(CC1)NC(=O)C(Cl)(c1c(C)cc(Br)cc1C)C2=O. The van der Waals surface area contributed by atoms with E-state index in [1.807, 2.05) is 26.0 Å². The van der Waals surface area contributed by atoms with Gasteiger partial charge in [0, 0.05) is 17.6 Å². The van der Waals surface area contributed by atoms with Gasteiger partial charge in [-0.3, -0.25) is 9.59 Å². The van der Waals surface area contributed by atoms with E-state index in [1.165, 1.54) is 0 Å². The summed E-state index contributed by atoms with van der Waals surface area (Å²) in [7, 11) is 1.60. The lowest BCUT2D eigenvalue weighted by atomic mass is 9.78. The number of carbonyl (C=O) groups is 2. The van der Waals surface area contributed by atoms with Crippen molar-refractivity contribution in [2.24, 2.45) is 0 Å². The molecule has 2 fully saturated rings. The largest absolute Gasteiger partial charge is 0.341 e. The Bertz CT molecular complexity index is 693. The van der Waals surface area contributed by atoms with Crippen LogP contribution in [-0.4, -0.2) is 42.5 Å². The molecule has 0 bridgehead atoms. The van der Waals surface area contributed by atoms with Gasteiger partial charge in [-0.05, 0) is 55.5 Å². The highest BCUT2D eigenvalue weighted by atomic mass is 79.9. The van der Waals surface area contributed by atoms with Crippen LogP contribution in [0, 0.1) is 13.8 Å². The van der Waals surface area contributed by atoms with Crippen molar-refractivity contribution in [3.63, 3.8) is 0 Å². The molecule has 1 N–H and O–H groups in total. The number of alkyl halides is 1. The number of nitrogens with zero attached hydrogens (tertiary/aromatic N) is 1. The van der Waals surface area contributed by atoms with E-state index >= 15 is 0 Å². The number of rotatable bonds is 2. The Morgan fingerprint density at radius 2 is 1.75 bits per heavy atom. The fourth-order valence-electron chi connectivity index (χ4n) is 3.88. The Kier molecular flexibility index (Phi) is 4.53. The number of benzene rings is 1. The second-order valence-electron chi connectivity index (χ2n) is 6.55. The van der Waals surface area contributed by atoms with Gasteiger partial charge >= 0.3 is 0 Å². The van der Waals surface area contributed by atoms with Gasteiger partial charge in [0.15, 0.2) is 5.78 Å². The van der Waals surface area contributed by atoms with Gasteiger partial charge in [0.05, 0.1) is 7.11 Å². The van der Waals surface area contributed by atoms with Gasteiger partial charge in [-0.1, -0.05) is 27.5 Å². The first kappa shape index (κ1) is 17.9. The van der Waals surface area contributed by atoms with Crippen LogP contribution < -0.4 is 5.32 Å². The van der Waals surface area contributed by atoms with Crippen LogP contribution in [0.5, 0.6) is 0 Å². The summed E-state index contributed by atoms with van der Waals surface area (Å²) in [6, 6.07) is 3.76. The van der Waals surface area contributed by atoms with Crippen LogP contribution in [0.4, 0.5) is 0 Å². The lowest BCUT2D eigenvalue weighted by molar-refractivity contribution is -0.157. The van der Waals surface area contributed by atoms with Crippen LogP contribution in [0.25, 0.3) is 0 Å². The average molecular weight is 416 g/mol. The number of carbonyl (C=O) groups excluding carboxylic acids is 2. The van der Waals surface area contributed by atoms with Gasteiger partial charge in [-0.2, -0.15) is 5.06 Å². The fourth-order valence-corrected chi connectivity index (χ4v) is 5.09. The highest BCUT2D eigenvalue weighted by molar-refractivity contribution is 9.10. The Balaban J connectivity index is 2.03. The third-order valence-electron chi connectivity index (χ3n) is 5.09. The van der Waals surface area contributed by atoms with E-state index in [0.717, 1.165) is 15.6 Å². The van der Waals surface area contributed by atoms with Gasteiger partial charge in [0.1, 0.15) is 5.54 Å². The Hall–Kier alpha value is -0.950. The molecule has 7 heteroatoms. The maximum Gasteiger partial charge on any atom is 0.254 e. The van der Waals surface area contributed by atoms with Crippen LogP contribution >= 0.6 is 27.5 Å². The van der Waals surface area contributed by atoms with Crippen molar-refractivity contribution < 1.29 is 14.4 Å². The smallest absolute Gasteiger partial charge is 0.254 e. The molecule has 2 heterocycles.